The van der Waals surface area contributed by atoms with Crippen molar-refractivity contribution in [1.82, 2.24) is 0 Å². The SMILES string of the molecule is COc1ccc(-c2ccc(C(=O)Nc3ccc(N4CCCCC4)c(Cl)c3)o2)c([N+](=O)[O-])c1. The third-order valence-electron chi connectivity index (χ3n) is 5.40. The molecule has 1 amide bonds. The monoisotopic (exact) mass is 455 g/mol. The number of hydrogen-bond acceptors (Lipinski definition) is 6. The number of furan rings is 1. The van der Waals surface area contributed by atoms with Gasteiger partial charge in [0.05, 0.1) is 34.4 Å². The zero-order chi connectivity index (χ0) is 22.7. The van der Waals surface area contributed by atoms with E-state index in [0.29, 0.717) is 16.5 Å². The minimum absolute atomic E-state index is 0.0290. The Kier molecular flexibility index (Phi) is 6.32. The van der Waals surface area contributed by atoms with Gasteiger partial charge in [-0.25, -0.2) is 0 Å². The highest BCUT2D eigenvalue weighted by Crippen LogP contribution is 2.35. The van der Waals surface area contributed by atoms with E-state index in [1.807, 2.05) is 6.07 Å². The molecule has 2 heterocycles. The van der Waals surface area contributed by atoms with Gasteiger partial charge in [0.15, 0.2) is 5.76 Å². The van der Waals surface area contributed by atoms with Crippen molar-refractivity contribution >= 4 is 34.6 Å². The Morgan fingerprint density at radius 1 is 1.12 bits per heavy atom. The Balaban J connectivity index is 1.51. The number of anilines is 2. The Labute approximate surface area is 189 Å². The molecule has 0 atom stereocenters. The molecule has 32 heavy (non-hydrogen) atoms. The van der Waals surface area contributed by atoms with E-state index in [-0.39, 0.29) is 22.8 Å². The maximum Gasteiger partial charge on any atom is 0.291 e. The van der Waals surface area contributed by atoms with Crippen LogP contribution in [0.25, 0.3) is 11.3 Å². The summed E-state index contributed by atoms with van der Waals surface area (Å²) in [7, 11) is 1.43. The summed E-state index contributed by atoms with van der Waals surface area (Å²) in [6, 6.07) is 12.8. The molecule has 1 fully saturated rings. The van der Waals surface area contributed by atoms with E-state index in [4.69, 9.17) is 20.8 Å². The van der Waals surface area contributed by atoms with E-state index in [9.17, 15) is 14.9 Å². The molecule has 2 aromatic carbocycles. The number of methoxy groups -OCH3 is 1. The number of nitro groups is 1. The summed E-state index contributed by atoms with van der Waals surface area (Å²) < 4.78 is 10.7. The number of halogens is 1. The van der Waals surface area contributed by atoms with Crippen molar-refractivity contribution in [3.05, 3.63) is 69.4 Å². The minimum atomic E-state index is -0.522. The summed E-state index contributed by atoms with van der Waals surface area (Å²) in [5, 5.41) is 14.8. The van der Waals surface area contributed by atoms with Gasteiger partial charge in [0, 0.05) is 18.8 Å². The van der Waals surface area contributed by atoms with Crippen molar-refractivity contribution in [2.45, 2.75) is 19.3 Å². The van der Waals surface area contributed by atoms with Crippen molar-refractivity contribution in [2.24, 2.45) is 0 Å². The van der Waals surface area contributed by atoms with E-state index < -0.39 is 10.8 Å². The molecule has 3 aromatic rings. The molecule has 9 heteroatoms. The molecule has 0 unspecified atom stereocenters. The first kappa shape index (κ1) is 21.7. The predicted octanol–water partition coefficient (Wildman–Crippen LogP) is 5.76. The quantitative estimate of drug-likeness (QED) is 0.375. The maximum atomic E-state index is 12.7. The van der Waals surface area contributed by atoms with Crippen molar-refractivity contribution < 1.29 is 18.9 Å². The lowest BCUT2D eigenvalue weighted by atomic mass is 10.1. The number of nitrogens with one attached hydrogen (secondary N) is 1. The summed E-state index contributed by atoms with van der Waals surface area (Å²) in [5.41, 5.74) is 1.57. The van der Waals surface area contributed by atoms with Crippen LogP contribution in [0.15, 0.2) is 52.9 Å². The van der Waals surface area contributed by atoms with Gasteiger partial charge in [0.2, 0.25) is 0 Å². The molecule has 0 aliphatic carbocycles. The van der Waals surface area contributed by atoms with Crippen LogP contribution in [0.2, 0.25) is 5.02 Å². The summed E-state index contributed by atoms with van der Waals surface area (Å²) in [6.07, 6.45) is 3.51. The molecule has 1 aliphatic rings. The number of carbonyl (C=O) groups excluding carboxylic acids is 1. The normalized spacial score (nSPS) is 13.6. The van der Waals surface area contributed by atoms with Gasteiger partial charge in [0.25, 0.3) is 11.6 Å². The number of nitrogens with zero attached hydrogens (tertiary/aromatic N) is 2. The molecule has 8 nitrogen and oxygen atoms in total. The van der Waals surface area contributed by atoms with Gasteiger partial charge in [-0.3, -0.25) is 14.9 Å². The van der Waals surface area contributed by atoms with Crippen LogP contribution >= 0.6 is 11.6 Å². The second kappa shape index (κ2) is 9.32. The van der Waals surface area contributed by atoms with E-state index >= 15 is 0 Å². The van der Waals surface area contributed by atoms with Crippen LogP contribution in [0.3, 0.4) is 0 Å². The van der Waals surface area contributed by atoms with Crippen molar-refractivity contribution in [1.29, 1.82) is 0 Å². The molecular formula is C23H22ClN3O5. The predicted molar refractivity (Wildman–Crippen MR) is 123 cm³/mol. The Hall–Kier alpha value is -3.52. The van der Waals surface area contributed by atoms with Crippen LogP contribution < -0.4 is 15.0 Å². The van der Waals surface area contributed by atoms with Crippen LogP contribution in [0.5, 0.6) is 5.75 Å². The van der Waals surface area contributed by atoms with E-state index in [0.717, 1.165) is 31.6 Å². The molecule has 0 radical (unpaired) electrons. The summed E-state index contributed by atoms with van der Waals surface area (Å²) in [4.78, 5) is 25.8. The van der Waals surface area contributed by atoms with Crippen LogP contribution in [0, 0.1) is 10.1 Å². The van der Waals surface area contributed by atoms with Gasteiger partial charge in [-0.1, -0.05) is 11.6 Å². The fourth-order valence-electron chi connectivity index (χ4n) is 3.77. The van der Waals surface area contributed by atoms with Gasteiger partial charge in [-0.05, 0) is 61.7 Å². The lowest BCUT2D eigenvalue weighted by Crippen LogP contribution is -2.29. The number of nitro benzene ring substituents is 1. The lowest BCUT2D eigenvalue weighted by molar-refractivity contribution is -0.384. The van der Waals surface area contributed by atoms with Gasteiger partial charge < -0.3 is 19.4 Å². The van der Waals surface area contributed by atoms with Crippen molar-refractivity contribution in [3.8, 4) is 17.1 Å². The Bertz CT molecular complexity index is 1150. The second-order valence-electron chi connectivity index (χ2n) is 7.47. The maximum absolute atomic E-state index is 12.7. The molecule has 1 aromatic heterocycles. The van der Waals surface area contributed by atoms with Gasteiger partial charge in [-0.2, -0.15) is 0 Å². The van der Waals surface area contributed by atoms with Crippen LogP contribution in [-0.2, 0) is 0 Å². The lowest BCUT2D eigenvalue weighted by Gasteiger charge is -2.29. The largest absolute Gasteiger partial charge is 0.497 e. The van der Waals surface area contributed by atoms with Gasteiger partial charge in [-0.15, -0.1) is 0 Å². The Morgan fingerprint density at radius 3 is 2.59 bits per heavy atom. The fourth-order valence-corrected chi connectivity index (χ4v) is 4.07. The van der Waals surface area contributed by atoms with Gasteiger partial charge in [0.1, 0.15) is 11.5 Å². The first-order valence-electron chi connectivity index (χ1n) is 10.2. The molecule has 1 N–H and O–H groups in total. The molecule has 1 aliphatic heterocycles. The standard InChI is InChI=1S/C23H22ClN3O5/c1-31-16-6-7-17(20(14-16)27(29)30)21-9-10-22(32-21)23(28)25-15-5-8-19(18(24)13-15)26-11-3-2-4-12-26/h5-10,13-14H,2-4,11-12H2,1H3,(H,25,28). The first-order chi connectivity index (χ1) is 15.5. The smallest absolute Gasteiger partial charge is 0.291 e. The number of hydrogen-bond donors (Lipinski definition) is 1. The molecule has 166 valence electrons. The van der Waals surface area contributed by atoms with E-state index in [1.165, 1.54) is 37.8 Å². The number of rotatable bonds is 6. The van der Waals surface area contributed by atoms with Crippen molar-refractivity contribution in [2.75, 3.05) is 30.4 Å². The van der Waals surface area contributed by atoms with Crippen LogP contribution in [0.4, 0.5) is 17.1 Å². The second-order valence-corrected chi connectivity index (χ2v) is 7.88. The summed E-state index contributed by atoms with van der Waals surface area (Å²) in [6.45, 7) is 1.94. The van der Waals surface area contributed by atoms with E-state index in [1.54, 1.807) is 18.2 Å². The molecule has 1 saturated heterocycles. The van der Waals surface area contributed by atoms with Gasteiger partial charge >= 0.3 is 0 Å². The zero-order valence-corrected chi connectivity index (χ0v) is 18.2. The molecular weight excluding hydrogens is 434 g/mol. The Morgan fingerprint density at radius 2 is 1.91 bits per heavy atom. The van der Waals surface area contributed by atoms with Crippen LogP contribution in [-0.4, -0.2) is 31.0 Å². The average Bonchev–Trinajstić information content (AvgIpc) is 3.29. The van der Waals surface area contributed by atoms with Crippen molar-refractivity contribution in [3.63, 3.8) is 0 Å². The fraction of sp³-hybridized carbons (Fsp3) is 0.261. The average molecular weight is 456 g/mol. The third-order valence-corrected chi connectivity index (χ3v) is 5.70. The highest BCUT2D eigenvalue weighted by molar-refractivity contribution is 6.33. The zero-order valence-electron chi connectivity index (χ0n) is 17.5. The number of ether oxygens (including phenoxy) is 1. The highest BCUT2D eigenvalue weighted by Gasteiger charge is 2.21. The molecule has 4 rings (SSSR count). The van der Waals surface area contributed by atoms with E-state index in [2.05, 4.69) is 10.2 Å². The number of benzene rings is 2. The highest BCUT2D eigenvalue weighted by atomic mass is 35.5. The number of carbonyl (C=O) groups is 1. The number of amides is 1. The third kappa shape index (κ3) is 4.55. The minimum Gasteiger partial charge on any atom is -0.497 e. The summed E-state index contributed by atoms with van der Waals surface area (Å²) in [5.74, 6) is 0.119. The topological polar surface area (TPSA) is 97.8 Å². The molecule has 0 spiro atoms. The molecule has 0 saturated carbocycles. The first-order valence-corrected chi connectivity index (χ1v) is 10.6. The summed E-state index contributed by atoms with van der Waals surface area (Å²) >= 11 is 6.46. The molecule has 0 bridgehead atoms. The number of piperidine rings is 1. The van der Waals surface area contributed by atoms with Crippen LogP contribution in [0.1, 0.15) is 29.8 Å².